The number of nitrogens with one attached hydrogen (secondary N) is 1. The largest absolute Gasteiger partial charge is 0.497 e. The highest BCUT2D eigenvalue weighted by Gasteiger charge is 2.42. The molecule has 148 valence electrons. The number of methoxy groups -OCH3 is 2. The summed E-state index contributed by atoms with van der Waals surface area (Å²) in [6.45, 7) is 1.00. The highest BCUT2D eigenvalue weighted by Crippen LogP contribution is 2.49. The third kappa shape index (κ3) is 2.73. The maximum Gasteiger partial charge on any atom is 0.339 e. The second kappa shape index (κ2) is 7.07. The van der Waals surface area contributed by atoms with Gasteiger partial charge in [-0.1, -0.05) is 0 Å². The Hall–Kier alpha value is -2.64. The van der Waals surface area contributed by atoms with Crippen molar-refractivity contribution in [3.8, 4) is 23.0 Å². The molecule has 2 aromatic rings. The van der Waals surface area contributed by atoms with Crippen molar-refractivity contribution in [1.82, 2.24) is 5.32 Å². The minimum absolute atomic E-state index is 0. The van der Waals surface area contributed by atoms with E-state index in [2.05, 4.69) is 5.32 Å². The number of ether oxygens (including phenoxy) is 5. The Labute approximate surface area is 168 Å². The first-order chi connectivity index (χ1) is 13.2. The molecule has 0 spiro atoms. The molecule has 1 N–H and O–H groups in total. The number of benzene rings is 2. The Morgan fingerprint density at radius 3 is 2.61 bits per heavy atom. The summed E-state index contributed by atoms with van der Waals surface area (Å²) in [5.41, 5.74) is 3.44. The zero-order valence-corrected chi connectivity index (χ0v) is 16.3. The van der Waals surface area contributed by atoms with Gasteiger partial charge in [-0.15, -0.1) is 12.4 Å². The van der Waals surface area contributed by atoms with Crippen molar-refractivity contribution in [1.29, 1.82) is 0 Å². The smallest absolute Gasteiger partial charge is 0.339 e. The van der Waals surface area contributed by atoms with Gasteiger partial charge in [-0.05, 0) is 42.3 Å². The molecule has 0 radical (unpaired) electrons. The molecule has 3 heterocycles. The third-order valence-corrected chi connectivity index (χ3v) is 5.34. The molecule has 0 fully saturated rings. The highest BCUT2D eigenvalue weighted by atomic mass is 35.5. The number of rotatable bonds is 3. The van der Waals surface area contributed by atoms with E-state index in [9.17, 15) is 4.79 Å². The first-order valence-electron chi connectivity index (χ1n) is 8.82. The van der Waals surface area contributed by atoms with E-state index in [-0.39, 0.29) is 31.2 Å². The van der Waals surface area contributed by atoms with Crippen molar-refractivity contribution < 1.29 is 28.5 Å². The lowest BCUT2D eigenvalue weighted by atomic mass is 9.87. The van der Waals surface area contributed by atoms with Gasteiger partial charge in [0.15, 0.2) is 17.6 Å². The van der Waals surface area contributed by atoms with Crippen LogP contribution < -0.4 is 24.3 Å². The molecule has 0 amide bonds. The van der Waals surface area contributed by atoms with E-state index < -0.39 is 6.10 Å². The molecule has 2 atom stereocenters. The number of carbonyl (C=O) groups excluding carboxylic acids is 1. The first-order valence-corrected chi connectivity index (χ1v) is 8.82. The standard InChI is InChI=1S/C20H19NO6.ClH/c1-23-11-6-13-17(16(7-11)24-2)19(27-20(13)22)18-12-8-15-14(25-9-26-15)5-10(12)3-4-21-18;/h5-8,18-19,21H,3-4,9H2,1-2H3;1H. The molecule has 0 aliphatic carbocycles. The Morgan fingerprint density at radius 2 is 1.86 bits per heavy atom. The first kappa shape index (κ1) is 18.7. The number of esters is 1. The monoisotopic (exact) mass is 405 g/mol. The molecule has 0 saturated heterocycles. The van der Waals surface area contributed by atoms with Crippen molar-refractivity contribution in [3.05, 3.63) is 46.5 Å². The van der Waals surface area contributed by atoms with Gasteiger partial charge in [-0.25, -0.2) is 4.79 Å². The number of hydrogen-bond acceptors (Lipinski definition) is 7. The Balaban J connectivity index is 0.00000192. The Bertz CT molecular complexity index is 947. The van der Waals surface area contributed by atoms with Gasteiger partial charge in [0.2, 0.25) is 6.79 Å². The van der Waals surface area contributed by atoms with Crippen LogP contribution in [0.3, 0.4) is 0 Å². The molecule has 3 aliphatic heterocycles. The second-order valence-electron chi connectivity index (χ2n) is 6.70. The van der Waals surface area contributed by atoms with Gasteiger partial charge in [0.05, 0.1) is 31.4 Å². The molecule has 3 aliphatic rings. The number of hydrogen-bond donors (Lipinski definition) is 1. The molecule has 2 unspecified atom stereocenters. The van der Waals surface area contributed by atoms with Gasteiger partial charge in [0.1, 0.15) is 11.5 Å². The lowest BCUT2D eigenvalue weighted by Crippen LogP contribution is -2.34. The van der Waals surface area contributed by atoms with Gasteiger partial charge in [0, 0.05) is 6.07 Å². The molecule has 7 nitrogen and oxygen atoms in total. The predicted octanol–water partition coefficient (Wildman–Crippen LogP) is 2.95. The van der Waals surface area contributed by atoms with Crippen LogP contribution in [0.4, 0.5) is 0 Å². The molecular formula is C20H20ClNO6. The predicted molar refractivity (Wildman–Crippen MR) is 102 cm³/mol. The molecule has 5 rings (SSSR count). The molecule has 0 bridgehead atoms. The summed E-state index contributed by atoms with van der Waals surface area (Å²) < 4.78 is 27.7. The number of carbonyl (C=O) groups is 1. The zero-order chi connectivity index (χ0) is 18.5. The van der Waals surface area contributed by atoms with Crippen LogP contribution in [0, 0.1) is 0 Å². The summed E-state index contributed by atoms with van der Waals surface area (Å²) >= 11 is 0. The van der Waals surface area contributed by atoms with Crippen LogP contribution in [-0.2, 0) is 11.2 Å². The van der Waals surface area contributed by atoms with Crippen LogP contribution in [0.25, 0.3) is 0 Å². The maximum absolute atomic E-state index is 12.5. The lowest BCUT2D eigenvalue weighted by Gasteiger charge is -2.31. The van der Waals surface area contributed by atoms with Gasteiger partial charge in [0.25, 0.3) is 0 Å². The van der Waals surface area contributed by atoms with Gasteiger partial charge >= 0.3 is 5.97 Å². The summed E-state index contributed by atoms with van der Waals surface area (Å²) in [5, 5.41) is 3.49. The lowest BCUT2D eigenvalue weighted by molar-refractivity contribution is 0.0282. The van der Waals surface area contributed by atoms with Crippen LogP contribution in [0.2, 0.25) is 0 Å². The topological polar surface area (TPSA) is 75.3 Å². The highest BCUT2D eigenvalue weighted by molar-refractivity contribution is 5.95. The van der Waals surface area contributed by atoms with E-state index in [1.54, 1.807) is 26.4 Å². The SMILES string of the molecule is COc1cc(OC)c2c(c1)C(=O)OC2C1NCCc2cc3c(cc21)OCO3.Cl. The molecule has 0 saturated carbocycles. The summed E-state index contributed by atoms with van der Waals surface area (Å²) in [5.74, 6) is 2.24. The average Bonchev–Trinajstić information content (AvgIpc) is 3.29. The van der Waals surface area contributed by atoms with Crippen molar-refractivity contribution >= 4 is 18.4 Å². The molecule has 8 heteroatoms. The van der Waals surface area contributed by atoms with Crippen LogP contribution in [0.1, 0.15) is 39.2 Å². The van der Waals surface area contributed by atoms with Crippen molar-refractivity contribution in [3.63, 3.8) is 0 Å². The average molecular weight is 406 g/mol. The maximum atomic E-state index is 12.5. The van der Waals surface area contributed by atoms with Gasteiger partial charge in [-0.3, -0.25) is 0 Å². The fourth-order valence-corrected chi connectivity index (χ4v) is 4.07. The van der Waals surface area contributed by atoms with E-state index in [0.717, 1.165) is 29.8 Å². The van der Waals surface area contributed by atoms with E-state index in [1.165, 1.54) is 5.56 Å². The van der Waals surface area contributed by atoms with Crippen LogP contribution >= 0.6 is 12.4 Å². The second-order valence-corrected chi connectivity index (χ2v) is 6.70. The number of fused-ring (bicyclic) bond motifs is 3. The zero-order valence-electron chi connectivity index (χ0n) is 15.4. The van der Waals surface area contributed by atoms with Crippen LogP contribution in [0.5, 0.6) is 23.0 Å². The number of cyclic esters (lactones) is 1. The van der Waals surface area contributed by atoms with Crippen molar-refractivity contribution in [2.24, 2.45) is 0 Å². The molecule has 0 aromatic heterocycles. The molecular weight excluding hydrogens is 386 g/mol. The summed E-state index contributed by atoms with van der Waals surface area (Å²) in [7, 11) is 3.13. The van der Waals surface area contributed by atoms with Crippen molar-refractivity contribution in [2.75, 3.05) is 27.6 Å². The molecule has 28 heavy (non-hydrogen) atoms. The van der Waals surface area contributed by atoms with Gasteiger partial charge < -0.3 is 29.0 Å². The minimum Gasteiger partial charge on any atom is -0.497 e. The van der Waals surface area contributed by atoms with E-state index in [4.69, 9.17) is 23.7 Å². The number of halogens is 1. The Kier molecular flexibility index (Phi) is 4.72. The van der Waals surface area contributed by atoms with Crippen molar-refractivity contribution in [2.45, 2.75) is 18.6 Å². The van der Waals surface area contributed by atoms with E-state index in [0.29, 0.717) is 22.8 Å². The fourth-order valence-electron chi connectivity index (χ4n) is 4.07. The third-order valence-electron chi connectivity index (χ3n) is 5.34. The fraction of sp³-hybridized carbons (Fsp3) is 0.350. The van der Waals surface area contributed by atoms with E-state index in [1.807, 2.05) is 12.1 Å². The van der Waals surface area contributed by atoms with E-state index >= 15 is 0 Å². The summed E-state index contributed by atoms with van der Waals surface area (Å²) in [4.78, 5) is 12.5. The summed E-state index contributed by atoms with van der Waals surface area (Å²) in [6.07, 6.45) is 0.378. The normalized spacial score (nSPS) is 21.3. The van der Waals surface area contributed by atoms with Crippen LogP contribution in [-0.4, -0.2) is 33.5 Å². The molecule has 2 aromatic carbocycles. The van der Waals surface area contributed by atoms with Crippen LogP contribution in [0.15, 0.2) is 24.3 Å². The quantitative estimate of drug-likeness (QED) is 0.787. The van der Waals surface area contributed by atoms with Gasteiger partial charge in [-0.2, -0.15) is 0 Å². The minimum atomic E-state index is -0.493. The Morgan fingerprint density at radius 1 is 1.07 bits per heavy atom. The summed E-state index contributed by atoms with van der Waals surface area (Å²) in [6, 6.07) is 7.28.